The van der Waals surface area contributed by atoms with Crippen molar-refractivity contribution in [1.29, 1.82) is 0 Å². The molecule has 0 bridgehead atoms. The lowest BCUT2D eigenvalue weighted by atomic mass is 9.99. The SMILES string of the molecule is CC(=O)c1ccc(C(=O)C(CS(=O)O)CS(=O)(=O)c2ccc(C)cc2)cc1. The lowest BCUT2D eigenvalue weighted by molar-refractivity contribution is 0.0940. The predicted octanol–water partition coefficient (Wildman–Crippen LogP) is 2.69. The largest absolute Gasteiger partial charge is 0.306 e. The van der Waals surface area contributed by atoms with Crippen LogP contribution in [0.5, 0.6) is 0 Å². The molecule has 27 heavy (non-hydrogen) atoms. The Morgan fingerprint density at radius 1 is 1.00 bits per heavy atom. The fourth-order valence-electron chi connectivity index (χ4n) is 2.58. The van der Waals surface area contributed by atoms with E-state index < -0.39 is 44.1 Å². The van der Waals surface area contributed by atoms with Crippen LogP contribution in [0.25, 0.3) is 0 Å². The van der Waals surface area contributed by atoms with Gasteiger partial charge >= 0.3 is 0 Å². The number of benzene rings is 2. The molecule has 1 N–H and O–H groups in total. The van der Waals surface area contributed by atoms with Crippen molar-refractivity contribution in [3.63, 3.8) is 0 Å². The van der Waals surface area contributed by atoms with Crippen LogP contribution >= 0.6 is 0 Å². The van der Waals surface area contributed by atoms with Gasteiger partial charge in [0, 0.05) is 11.1 Å². The van der Waals surface area contributed by atoms with E-state index in [0.29, 0.717) is 5.56 Å². The number of rotatable bonds is 8. The van der Waals surface area contributed by atoms with Crippen molar-refractivity contribution in [2.75, 3.05) is 11.5 Å². The summed E-state index contributed by atoms with van der Waals surface area (Å²) in [5.41, 5.74) is 1.50. The monoisotopic (exact) mass is 408 g/mol. The van der Waals surface area contributed by atoms with Gasteiger partial charge in [-0.05, 0) is 26.0 Å². The molecule has 0 heterocycles. The third-order valence-corrected chi connectivity index (χ3v) is 6.61. The van der Waals surface area contributed by atoms with Crippen LogP contribution in [0.4, 0.5) is 0 Å². The lowest BCUT2D eigenvalue weighted by Crippen LogP contribution is -2.29. The number of ketones is 2. The zero-order valence-corrected chi connectivity index (χ0v) is 16.5. The van der Waals surface area contributed by atoms with Crippen LogP contribution in [0, 0.1) is 12.8 Å². The summed E-state index contributed by atoms with van der Waals surface area (Å²) in [6, 6.07) is 12.0. The second-order valence-corrected chi connectivity index (χ2v) is 9.29. The normalized spacial score (nSPS) is 13.7. The Labute approximate surface area is 160 Å². The number of aryl methyl sites for hydroxylation is 1. The molecule has 0 fully saturated rings. The minimum Gasteiger partial charge on any atom is -0.306 e. The van der Waals surface area contributed by atoms with Crippen LogP contribution in [0.2, 0.25) is 0 Å². The molecule has 0 amide bonds. The smallest absolute Gasteiger partial charge is 0.179 e. The number of carbonyl (C=O) groups excluding carboxylic acids is 2. The minimum absolute atomic E-state index is 0.0570. The maximum absolute atomic E-state index is 12.7. The zero-order chi connectivity index (χ0) is 20.2. The van der Waals surface area contributed by atoms with Crippen molar-refractivity contribution in [2.45, 2.75) is 18.7 Å². The highest BCUT2D eigenvalue weighted by Gasteiger charge is 2.29. The fourth-order valence-corrected chi connectivity index (χ4v) is 4.89. The third kappa shape index (κ3) is 5.66. The van der Waals surface area contributed by atoms with E-state index >= 15 is 0 Å². The first-order chi connectivity index (χ1) is 12.6. The van der Waals surface area contributed by atoms with Gasteiger partial charge in [0.2, 0.25) is 0 Å². The minimum atomic E-state index is -3.82. The number of carbonyl (C=O) groups is 2. The second kappa shape index (κ2) is 8.69. The Kier molecular flexibility index (Phi) is 6.80. The summed E-state index contributed by atoms with van der Waals surface area (Å²) in [5, 5.41) is 0. The van der Waals surface area contributed by atoms with Crippen LogP contribution in [0.15, 0.2) is 53.4 Å². The molecule has 0 aromatic heterocycles. The highest BCUT2D eigenvalue weighted by molar-refractivity contribution is 7.91. The molecular formula is C19H20O6S2. The molecule has 0 aliphatic rings. The van der Waals surface area contributed by atoms with Crippen molar-refractivity contribution >= 4 is 32.5 Å². The first-order valence-corrected chi connectivity index (χ1v) is 11.0. The van der Waals surface area contributed by atoms with E-state index in [9.17, 15) is 26.8 Å². The van der Waals surface area contributed by atoms with Gasteiger partial charge in [0.1, 0.15) is 0 Å². The fraction of sp³-hybridized carbons (Fsp3) is 0.263. The Morgan fingerprint density at radius 2 is 1.52 bits per heavy atom. The Morgan fingerprint density at radius 3 is 2.00 bits per heavy atom. The summed E-state index contributed by atoms with van der Waals surface area (Å²) in [4.78, 5) is 24.1. The molecule has 0 spiro atoms. The topological polar surface area (TPSA) is 106 Å². The van der Waals surface area contributed by atoms with Gasteiger partial charge in [0.25, 0.3) is 0 Å². The number of hydrogen-bond acceptors (Lipinski definition) is 5. The van der Waals surface area contributed by atoms with E-state index in [1.807, 2.05) is 6.92 Å². The standard InChI is InChI=1S/C19H20O6S2/c1-13-3-9-18(10-4-13)27(24,25)12-17(11-26(22)23)19(21)16-7-5-15(6-8-16)14(2)20/h3-10,17H,11-12H2,1-2H3,(H,22,23). The summed E-state index contributed by atoms with van der Waals surface area (Å²) in [6.45, 7) is 3.21. The molecule has 0 aliphatic carbocycles. The Hall–Kier alpha value is -2.16. The molecule has 2 unspecified atom stereocenters. The summed E-state index contributed by atoms with van der Waals surface area (Å²) < 4.78 is 45.8. The van der Waals surface area contributed by atoms with Gasteiger partial charge in [0.15, 0.2) is 32.5 Å². The average Bonchev–Trinajstić information content (AvgIpc) is 2.60. The first-order valence-electron chi connectivity index (χ1n) is 8.12. The van der Waals surface area contributed by atoms with Crippen molar-refractivity contribution in [3.05, 3.63) is 65.2 Å². The molecule has 2 rings (SSSR count). The molecule has 6 nitrogen and oxygen atoms in total. The number of sulfone groups is 1. The maximum Gasteiger partial charge on any atom is 0.179 e. The maximum atomic E-state index is 12.7. The summed E-state index contributed by atoms with van der Waals surface area (Å²) in [7, 11) is -3.82. The van der Waals surface area contributed by atoms with Gasteiger partial charge in [-0.2, -0.15) is 0 Å². The van der Waals surface area contributed by atoms with Gasteiger partial charge in [-0.15, -0.1) is 0 Å². The highest BCUT2D eigenvalue weighted by Crippen LogP contribution is 2.19. The molecule has 2 aromatic rings. The molecule has 0 saturated carbocycles. The number of Topliss-reactive ketones (excluding diaryl/α,β-unsaturated/α-hetero) is 2. The van der Waals surface area contributed by atoms with Gasteiger partial charge < -0.3 is 4.55 Å². The molecule has 2 aromatic carbocycles. The molecule has 144 valence electrons. The molecular weight excluding hydrogens is 388 g/mol. The quantitative estimate of drug-likeness (QED) is 0.532. The van der Waals surface area contributed by atoms with Gasteiger partial charge in [0.05, 0.1) is 22.3 Å². The first kappa shape index (κ1) is 21.1. The van der Waals surface area contributed by atoms with E-state index in [4.69, 9.17) is 0 Å². The summed E-state index contributed by atoms with van der Waals surface area (Å²) >= 11 is -2.34. The van der Waals surface area contributed by atoms with Crippen molar-refractivity contribution < 1.29 is 26.8 Å². The van der Waals surface area contributed by atoms with Gasteiger partial charge in [-0.3, -0.25) is 9.59 Å². The molecule has 8 heteroatoms. The highest BCUT2D eigenvalue weighted by atomic mass is 32.2. The van der Waals surface area contributed by atoms with Crippen molar-refractivity contribution in [2.24, 2.45) is 5.92 Å². The molecule has 0 saturated heterocycles. The zero-order valence-electron chi connectivity index (χ0n) is 14.9. The predicted molar refractivity (Wildman–Crippen MR) is 103 cm³/mol. The lowest BCUT2D eigenvalue weighted by Gasteiger charge is -2.15. The Balaban J connectivity index is 2.31. The van der Waals surface area contributed by atoms with Crippen LogP contribution in [0.3, 0.4) is 0 Å². The van der Waals surface area contributed by atoms with E-state index in [-0.39, 0.29) is 16.2 Å². The van der Waals surface area contributed by atoms with Gasteiger partial charge in [-0.1, -0.05) is 42.0 Å². The van der Waals surface area contributed by atoms with E-state index in [1.54, 1.807) is 12.1 Å². The number of hydrogen-bond donors (Lipinski definition) is 1. The van der Waals surface area contributed by atoms with E-state index in [1.165, 1.54) is 43.3 Å². The van der Waals surface area contributed by atoms with Crippen LogP contribution < -0.4 is 0 Å². The van der Waals surface area contributed by atoms with Crippen LogP contribution in [-0.2, 0) is 20.9 Å². The second-order valence-electron chi connectivity index (χ2n) is 6.28. The van der Waals surface area contributed by atoms with Crippen molar-refractivity contribution in [1.82, 2.24) is 0 Å². The Bertz CT molecular complexity index is 960. The van der Waals surface area contributed by atoms with E-state index in [0.717, 1.165) is 5.56 Å². The summed E-state index contributed by atoms with van der Waals surface area (Å²) in [5.74, 6) is -2.95. The van der Waals surface area contributed by atoms with Gasteiger partial charge in [-0.25, -0.2) is 12.6 Å². The average molecular weight is 408 g/mol. The summed E-state index contributed by atoms with van der Waals surface area (Å²) in [6.07, 6.45) is 0. The van der Waals surface area contributed by atoms with Crippen molar-refractivity contribution in [3.8, 4) is 0 Å². The van der Waals surface area contributed by atoms with Crippen LogP contribution in [0.1, 0.15) is 33.2 Å². The van der Waals surface area contributed by atoms with Crippen LogP contribution in [-0.4, -0.2) is 40.3 Å². The molecule has 2 atom stereocenters. The third-order valence-electron chi connectivity index (χ3n) is 4.09. The van der Waals surface area contributed by atoms with E-state index in [2.05, 4.69) is 0 Å². The molecule has 0 radical (unpaired) electrons. The molecule has 0 aliphatic heterocycles.